The quantitative estimate of drug-likeness (QED) is 0.352. The van der Waals surface area contributed by atoms with Crippen LogP contribution in [0.4, 0.5) is 0 Å². The van der Waals surface area contributed by atoms with Crippen LogP contribution in [0.3, 0.4) is 0 Å². The zero-order valence-electron chi connectivity index (χ0n) is 18.8. The maximum absolute atomic E-state index is 10.9. The third-order valence-corrected chi connectivity index (χ3v) is 6.87. The fraction of sp³-hybridized carbons (Fsp3) is 0.286. The molecule has 5 nitrogen and oxygen atoms in total. The van der Waals surface area contributed by atoms with Crippen LogP contribution >= 0.6 is 0 Å². The number of imidazole rings is 1. The highest BCUT2D eigenvalue weighted by Gasteiger charge is 2.23. The average molecular weight is 441 g/mol. The maximum atomic E-state index is 10.9. The van der Waals surface area contributed by atoms with Gasteiger partial charge in [0.15, 0.2) is 0 Å². The van der Waals surface area contributed by atoms with Crippen molar-refractivity contribution in [1.29, 1.82) is 0 Å². The summed E-state index contributed by atoms with van der Waals surface area (Å²) in [5, 5.41) is 9.01. The number of aromatic nitrogens is 2. The lowest BCUT2D eigenvalue weighted by Gasteiger charge is -2.28. The van der Waals surface area contributed by atoms with Crippen molar-refractivity contribution in [2.24, 2.45) is 5.92 Å². The molecule has 33 heavy (non-hydrogen) atoms. The first-order chi connectivity index (χ1) is 16.1. The number of rotatable bonds is 6. The van der Waals surface area contributed by atoms with E-state index >= 15 is 0 Å². The number of benzene rings is 3. The molecule has 1 fully saturated rings. The van der Waals surface area contributed by atoms with E-state index in [1.807, 2.05) is 18.2 Å². The van der Waals surface area contributed by atoms with Crippen molar-refractivity contribution in [2.45, 2.75) is 38.0 Å². The second-order valence-corrected chi connectivity index (χ2v) is 8.98. The highest BCUT2D eigenvalue weighted by atomic mass is 16.5. The molecule has 5 heteroatoms. The monoisotopic (exact) mass is 440 g/mol. The smallest absolute Gasteiger partial charge is 0.303 e. The molecule has 1 aromatic heterocycles. The van der Waals surface area contributed by atoms with Gasteiger partial charge in [-0.1, -0.05) is 48.5 Å². The van der Waals surface area contributed by atoms with Gasteiger partial charge in [-0.2, -0.15) is 0 Å². The van der Waals surface area contributed by atoms with Crippen LogP contribution in [0.1, 0.15) is 43.6 Å². The van der Waals surface area contributed by atoms with E-state index in [0.717, 1.165) is 53.9 Å². The molecule has 1 saturated carbocycles. The van der Waals surface area contributed by atoms with Crippen LogP contribution in [-0.2, 0) is 4.79 Å². The molecule has 0 aliphatic heterocycles. The Bertz CT molecular complexity index is 1250. The van der Waals surface area contributed by atoms with Gasteiger partial charge in [0.25, 0.3) is 0 Å². The first-order valence-electron chi connectivity index (χ1n) is 11.6. The minimum absolute atomic E-state index is 0.309. The third-order valence-electron chi connectivity index (χ3n) is 6.87. The SMILES string of the molecule is COc1ccc2nc(-c3ccc(-c4ccc(C5CCC(CC(=O)O)CC5)cc4)cc3)[nH]c2c1. The van der Waals surface area contributed by atoms with Crippen LogP contribution in [0.15, 0.2) is 66.7 Å². The molecule has 0 spiro atoms. The fourth-order valence-electron chi connectivity index (χ4n) is 4.97. The van der Waals surface area contributed by atoms with Crippen molar-refractivity contribution in [3.8, 4) is 28.3 Å². The number of carbonyl (C=O) groups is 1. The fourth-order valence-corrected chi connectivity index (χ4v) is 4.97. The van der Waals surface area contributed by atoms with Crippen molar-refractivity contribution < 1.29 is 14.6 Å². The highest BCUT2D eigenvalue weighted by Crippen LogP contribution is 2.37. The predicted molar refractivity (Wildman–Crippen MR) is 130 cm³/mol. The number of fused-ring (bicyclic) bond motifs is 1. The van der Waals surface area contributed by atoms with Crippen LogP contribution < -0.4 is 4.74 Å². The number of methoxy groups -OCH3 is 1. The molecule has 1 aliphatic carbocycles. The first kappa shape index (κ1) is 21.3. The average Bonchev–Trinajstić information content (AvgIpc) is 3.28. The number of hydrogen-bond donors (Lipinski definition) is 2. The topological polar surface area (TPSA) is 75.2 Å². The van der Waals surface area contributed by atoms with Crippen molar-refractivity contribution >= 4 is 17.0 Å². The highest BCUT2D eigenvalue weighted by molar-refractivity contribution is 5.81. The van der Waals surface area contributed by atoms with Crippen LogP contribution in [0.5, 0.6) is 5.75 Å². The number of H-pyrrole nitrogens is 1. The van der Waals surface area contributed by atoms with Gasteiger partial charge >= 0.3 is 5.97 Å². The van der Waals surface area contributed by atoms with Gasteiger partial charge in [0.1, 0.15) is 11.6 Å². The van der Waals surface area contributed by atoms with E-state index in [2.05, 4.69) is 53.5 Å². The summed E-state index contributed by atoms with van der Waals surface area (Å²) in [6, 6.07) is 23.2. The molecule has 0 radical (unpaired) electrons. The minimum Gasteiger partial charge on any atom is -0.497 e. The van der Waals surface area contributed by atoms with E-state index in [9.17, 15) is 4.79 Å². The van der Waals surface area contributed by atoms with Gasteiger partial charge in [-0.15, -0.1) is 0 Å². The molecular formula is C28H28N2O3. The van der Waals surface area contributed by atoms with Gasteiger partial charge in [-0.05, 0) is 66.3 Å². The number of carboxylic acid groups (broad SMARTS) is 1. The van der Waals surface area contributed by atoms with Crippen LogP contribution in [0.25, 0.3) is 33.5 Å². The van der Waals surface area contributed by atoms with Gasteiger partial charge in [-0.25, -0.2) is 4.98 Å². The summed E-state index contributed by atoms with van der Waals surface area (Å²) < 4.78 is 5.30. The molecule has 0 amide bonds. The summed E-state index contributed by atoms with van der Waals surface area (Å²) >= 11 is 0. The van der Waals surface area contributed by atoms with E-state index in [1.165, 1.54) is 16.7 Å². The lowest BCUT2D eigenvalue weighted by molar-refractivity contribution is -0.138. The molecule has 1 aliphatic rings. The summed E-state index contributed by atoms with van der Waals surface area (Å²) in [7, 11) is 1.66. The maximum Gasteiger partial charge on any atom is 0.303 e. The Kier molecular flexibility index (Phi) is 5.86. The molecule has 1 heterocycles. The van der Waals surface area contributed by atoms with E-state index in [4.69, 9.17) is 14.8 Å². The van der Waals surface area contributed by atoms with E-state index in [1.54, 1.807) is 7.11 Å². The number of nitrogens with one attached hydrogen (secondary N) is 1. The number of carboxylic acids is 1. The normalized spacial score (nSPS) is 18.3. The summed E-state index contributed by atoms with van der Waals surface area (Å²) in [5.74, 6) is 1.86. The van der Waals surface area contributed by atoms with Crippen molar-refractivity contribution in [3.05, 3.63) is 72.3 Å². The Labute approximate surface area is 193 Å². The van der Waals surface area contributed by atoms with E-state index in [0.29, 0.717) is 18.3 Å². The van der Waals surface area contributed by atoms with Crippen LogP contribution in [0.2, 0.25) is 0 Å². The first-order valence-corrected chi connectivity index (χ1v) is 11.6. The number of nitrogens with zero attached hydrogens (tertiary/aromatic N) is 1. The molecule has 168 valence electrons. The van der Waals surface area contributed by atoms with Crippen molar-refractivity contribution in [2.75, 3.05) is 7.11 Å². The summed E-state index contributed by atoms with van der Waals surface area (Å²) in [5.41, 5.74) is 6.65. The standard InChI is InChI=1S/C28H28N2O3/c1-33-24-14-15-25-26(17-24)30-28(29-25)23-12-10-22(11-13-23)21-8-6-20(7-9-21)19-4-2-18(3-5-19)16-27(31)32/h6-15,17-19H,2-5,16H2,1H3,(H,29,30)(H,31,32). The molecular weight excluding hydrogens is 412 g/mol. The lowest BCUT2D eigenvalue weighted by atomic mass is 9.77. The zero-order chi connectivity index (χ0) is 22.8. The Morgan fingerprint density at radius 1 is 0.939 bits per heavy atom. The Hall–Kier alpha value is -3.60. The molecule has 5 rings (SSSR count). The molecule has 4 aromatic rings. The second kappa shape index (κ2) is 9.10. The van der Waals surface area contributed by atoms with Gasteiger partial charge in [0, 0.05) is 18.1 Å². The predicted octanol–water partition coefficient (Wildman–Crippen LogP) is 6.65. The van der Waals surface area contributed by atoms with Gasteiger partial charge in [0.2, 0.25) is 0 Å². The number of hydrogen-bond acceptors (Lipinski definition) is 3. The third kappa shape index (κ3) is 4.63. The van der Waals surface area contributed by atoms with Crippen LogP contribution in [0, 0.1) is 5.92 Å². The summed E-state index contributed by atoms with van der Waals surface area (Å²) in [4.78, 5) is 19.0. The molecule has 3 aromatic carbocycles. The summed E-state index contributed by atoms with van der Waals surface area (Å²) in [6.07, 6.45) is 4.48. The van der Waals surface area contributed by atoms with Crippen LogP contribution in [-0.4, -0.2) is 28.2 Å². The van der Waals surface area contributed by atoms with Gasteiger partial charge in [-0.3, -0.25) is 4.79 Å². The molecule has 0 unspecified atom stereocenters. The van der Waals surface area contributed by atoms with Crippen molar-refractivity contribution in [1.82, 2.24) is 9.97 Å². The van der Waals surface area contributed by atoms with Crippen molar-refractivity contribution in [3.63, 3.8) is 0 Å². The second-order valence-electron chi connectivity index (χ2n) is 8.98. The van der Waals surface area contributed by atoms with Gasteiger partial charge < -0.3 is 14.8 Å². The number of aliphatic carboxylic acids is 1. The summed E-state index contributed by atoms with van der Waals surface area (Å²) in [6.45, 7) is 0. The van der Waals surface area contributed by atoms with E-state index in [-0.39, 0.29) is 0 Å². The zero-order valence-corrected chi connectivity index (χ0v) is 18.8. The van der Waals surface area contributed by atoms with E-state index < -0.39 is 5.97 Å². The largest absolute Gasteiger partial charge is 0.497 e. The molecule has 0 saturated heterocycles. The molecule has 0 atom stereocenters. The minimum atomic E-state index is -0.672. The number of aromatic amines is 1. The Morgan fingerprint density at radius 2 is 1.58 bits per heavy atom. The van der Waals surface area contributed by atoms with Gasteiger partial charge in [0.05, 0.1) is 18.1 Å². The Morgan fingerprint density at radius 3 is 2.21 bits per heavy atom. The molecule has 0 bridgehead atoms. The lowest BCUT2D eigenvalue weighted by Crippen LogP contribution is -2.16. The molecule has 2 N–H and O–H groups in total. The Balaban J connectivity index is 1.27. The number of ether oxygens (including phenoxy) is 1.